The zero-order valence-electron chi connectivity index (χ0n) is 13.3. The summed E-state index contributed by atoms with van der Waals surface area (Å²) in [7, 11) is 3.41. The summed E-state index contributed by atoms with van der Waals surface area (Å²) in [5.41, 5.74) is 3.28. The fourth-order valence-corrected chi connectivity index (χ4v) is 1.91. The minimum atomic E-state index is -0.145. The van der Waals surface area contributed by atoms with Crippen LogP contribution in [0.3, 0.4) is 0 Å². The van der Waals surface area contributed by atoms with E-state index in [1.54, 1.807) is 14.1 Å². The van der Waals surface area contributed by atoms with Gasteiger partial charge < -0.3 is 15.0 Å². The molecule has 2 aromatic rings. The van der Waals surface area contributed by atoms with Crippen LogP contribution in [0.2, 0.25) is 0 Å². The SMILES string of the molecule is Cc1ccc(CCOc2ccc(NC(=O)N(C)C)cc2)cc1. The summed E-state index contributed by atoms with van der Waals surface area (Å²) in [6, 6.07) is 15.7. The lowest BCUT2D eigenvalue weighted by Gasteiger charge is -2.12. The number of hydrogen-bond acceptors (Lipinski definition) is 2. The van der Waals surface area contributed by atoms with E-state index < -0.39 is 0 Å². The van der Waals surface area contributed by atoms with Crippen LogP contribution in [0.25, 0.3) is 0 Å². The number of carbonyl (C=O) groups excluding carboxylic acids is 1. The molecule has 0 unspecified atom stereocenters. The molecule has 0 saturated carbocycles. The summed E-state index contributed by atoms with van der Waals surface area (Å²) in [5.74, 6) is 0.801. The van der Waals surface area contributed by atoms with E-state index in [-0.39, 0.29) is 6.03 Å². The third-order valence-corrected chi connectivity index (χ3v) is 3.29. The van der Waals surface area contributed by atoms with Crippen molar-refractivity contribution < 1.29 is 9.53 Å². The van der Waals surface area contributed by atoms with E-state index in [1.165, 1.54) is 16.0 Å². The second kappa shape index (κ2) is 7.50. The van der Waals surface area contributed by atoms with Gasteiger partial charge in [-0.05, 0) is 36.8 Å². The van der Waals surface area contributed by atoms with E-state index in [0.29, 0.717) is 6.61 Å². The predicted octanol–water partition coefficient (Wildman–Crippen LogP) is 3.71. The van der Waals surface area contributed by atoms with E-state index in [1.807, 2.05) is 24.3 Å². The average molecular weight is 298 g/mol. The summed E-state index contributed by atoms with van der Waals surface area (Å²) in [6.07, 6.45) is 0.874. The summed E-state index contributed by atoms with van der Waals surface area (Å²) >= 11 is 0. The molecule has 1 N–H and O–H groups in total. The Hall–Kier alpha value is -2.49. The van der Waals surface area contributed by atoms with Crippen molar-refractivity contribution >= 4 is 11.7 Å². The molecule has 116 valence electrons. The Balaban J connectivity index is 1.81. The molecule has 4 nitrogen and oxygen atoms in total. The number of anilines is 1. The molecule has 4 heteroatoms. The number of ether oxygens (including phenoxy) is 1. The summed E-state index contributed by atoms with van der Waals surface area (Å²) in [6.45, 7) is 2.71. The van der Waals surface area contributed by atoms with Crippen molar-refractivity contribution in [2.24, 2.45) is 0 Å². The molecule has 2 amide bonds. The van der Waals surface area contributed by atoms with Crippen molar-refractivity contribution in [3.8, 4) is 5.75 Å². The van der Waals surface area contributed by atoms with Crippen molar-refractivity contribution in [1.82, 2.24) is 4.90 Å². The minimum Gasteiger partial charge on any atom is -0.493 e. The molecule has 22 heavy (non-hydrogen) atoms. The van der Waals surface area contributed by atoms with Gasteiger partial charge in [-0.3, -0.25) is 0 Å². The van der Waals surface area contributed by atoms with Crippen molar-refractivity contribution in [1.29, 1.82) is 0 Å². The van der Waals surface area contributed by atoms with Gasteiger partial charge in [0, 0.05) is 26.2 Å². The Kier molecular flexibility index (Phi) is 5.42. The van der Waals surface area contributed by atoms with E-state index in [2.05, 4.69) is 36.5 Å². The minimum absolute atomic E-state index is 0.145. The number of hydrogen-bond donors (Lipinski definition) is 1. The lowest BCUT2D eigenvalue weighted by molar-refractivity contribution is 0.230. The van der Waals surface area contributed by atoms with Crippen LogP contribution in [0.15, 0.2) is 48.5 Å². The molecule has 0 atom stereocenters. The molecule has 2 aromatic carbocycles. The largest absolute Gasteiger partial charge is 0.493 e. The standard InChI is InChI=1S/C18H22N2O2/c1-14-4-6-15(7-5-14)12-13-22-17-10-8-16(9-11-17)19-18(21)20(2)3/h4-11H,12-13H2,1-3H3,(H,19,21). The maximum absolute atomic E-state index is 11.5. The van der Waals surface area contributed by atoms with Gasteiger partial charge in [0.2, 0.25) is 0 Å². The summed E-state index contributed by atoms with van der Waals surface area (Å²) < 4.78 is 5.72. The first kappa shape index (κ1) is 15.9. The Morgan fingerprint density at radius 2 is 1.68 bits per heavy atom. The zero-order valence-corrected chi connectivity index (χ0v) is 13.3. The van der Waals surface area contributed by atoms with Crippen LogP contribution in [-0.2, 0) is 6.42 Å². The number of nitrogens with zero attached hydrogens (tertiary/aromatic N) is 1. The smallest absolute Gasteiger partial charge is 0.321 e. The van der Waals surface area contributed by atoms with Gasteiger partial charge in [0.25, 0.3) is 0 Å². The molecule has 0 radical (unpaired) electrons. The molecule has 0 aliphatic carbocycles. The van der Waals surface area contributed by atoms with Crippen LogP contribution in [-0.4, -0.2) is 31.6 Å². The van der Waals surface area contributed by atoms with Gasteiger partial charge in [-0.25, -0.2) is 4.79 Å². The molecule has 0 saturated heterocycles. The Bertz CT molecular complexity index is 604. The first-order chi connectivity index (χ1) is 10.5. The highest BCUT2D eigenvalue weighted by Crippen LogP contribution is 2.16. The Labute approximate surface area is 131 Å². The number of amides is 2. The summed E-state index contributed by atoms with van der Waals surface area (Å²) in [5, 5.41) is 2.79. The van der Waals surface area contributed by atoms with Crippen LogP contribution in [0.4, 0.5) is 10.5 Å². The van der Waals surface area contributed by atoms with Gasteiger partial charge in [0.1, 0.15) is 5.75 Å². The van der Waals surface area contributed by atoms with E-state index >= 15 is 0 Å². The van der Waals surface area contributed by atoms with Gasteiger partial charge in [0.15, 0.2) is 0 Å². The molecule has 0 fully saturated rings. The second-order valence-electron chi connectivity index (χ2n) is 5.43. The number of benzene rings is 2. The van der Waals surface area contributed by atoms with Crippen LogP contribution in [0.5, 0.6) is 5.75 Å². The highest BCUT2D eigenvalue weighted by Gasteiger charge is 2.03. The van der Waals surface area contributed by atoms with E-state index in [4.69, 9.17) is 4.74 Å². The van der Waals surface area contributed by atoms with Crippen molar-refractivity contribution in [3.63, 3.8) is 0 Å². The fraction of sp³-hybridized carbons (Fsp3) is 0.278. The number of carbonyl (C=O) groups is 1. The van der Waals surface area contributed by atoms with Crippen molar-refractivity contribution in [3.05, 3.63) is 59.7 Å². The highest BCUT2D eigenvalue weighted by atomic mass is 16.5. The first-order valence-corrected chi connectivity index (χ1v) is 7.31. The van der Waals surface area contributed by atoms with Crippen LogP contribution in [0.1, 0.15) is 11.1 Å². The second-order valence-corrected chi connectivity index (χ2v) is 5.43. The van der Waals surface area contributed by atoms with Crippen molar-refractivity contribution in [2.75, 3.05) is 26.0 Å². The van der Waals surface area contributed by atoms with Crippen LogP contribution >= 0.6 is 0 Å². The molecule has 0 bridgehead atoms. The maximum Gasteiger partial charge on any atom is 0.321 e. The van der Waals surface area contributed by atoms with Gasteiger partial charge in [0.05, 0.1) is 6.61 Å². The van der Waals surface area contributed by atoms with Crippen molar-refractivity contribution in [2.45, 2.75) is 13.3 Å². The molecule has 0 aliphatic rings. The molecule has 2 rings (SSSR count). The van der Waals surface area contributed by atoms with Gasteiger partial charge in [-0.1, -0.05) is 29.8 Å². The normalized spacial score (nSPS) is 10.1. The van der Waals surface area contributed by atoms with E-state index in [0.717, 1.165) is 17.9 Å². The molecule has 0 aromatic heterocycles. The Morgan fingerprint density at radius 3 is 2.27 bits per heavy atom. The van der Waals surface area contributed by atoms with Gasteiger partial charge in [-0.15, -0.1) is 0 Å². The molecule has 0 heterocycles. The predicted molar refractivity (Wildman–Crippen MR) is 89.5 cm³/mol. The topological polar surface area (TPSA) is 41.6 Å². The van der Waals surface area contributed by atoms with Crippen LogP contribution in [0, 0.1) is 6.92 Å². The third-order valence-electron chi connectivity index (χ3n) is 3.29. The molecular formula is C18H22N2O2. The highest BCUT2D eigenvalue weighted by molar-refractivity contribution is 5.88. The van der Waals surface area contributed by atoms with Gasteiger partial charge in [-0.2, -0.15) is 0 Å². The number of nitrogens with one attached hydrogen (secondary N) is 1. The zero-order chi connectivity index (χ0) is 15.9. The number of rotatable bonds is 5. The summed E-state index contributed by atoms with van der Waals surface area (Å²) in [4.78, 5) is 13.0. The van der Waals surface area contributed by atoms with Crippen LogP contribution < -0.4 is 10.1 Å². The first-order valence-electron chi connectivity index (χ1n) is 7.31. The monoisotopic (exact) mass is 298 g/mol. The molecule has 0 aliphatic heterocycles. The lowest BCUT2D eigenvalue weighted by Crippen LogP contribution is -2.27. The average Bonchev–Trinajstić information content (AvgIpc) is 2.51. The number of aryl methyl sites for hydroxylation is 1. The number of urea groups is 1. The van der Waals surface area contributed by atoms with E-state index in [9.17, 15) is 4.79 Å². The molecular weight excluding hydrogens is 276 g/mol. The molecule has 0 spiro atoms. The maximum atomic E-state index is 11.5. The third kappa shape index (κ3) is 4.81. The fourth-order valence-electron chi connectivity index (χ4n) is 1.91. The van der Waals surface area contributed by atoms with Gasteiger partial charge >= 0.3 is 6.03 Å². The Morgan fingerprint density at radius 1 is 1.05 bits per heavy atom. The quantitative estimate of drug-likeness (QED) is 0.914. The lowest BCUT2D eigenvalue weighted by atomic mass is 10.1.